The molecule has 5 heteroatoms. The molecule has 2 atom stereocenters. The molecule has 2 unspecified atom stereocenters. The van der Waals surface area contributed by atoms with Gasteiger partial charge < -0.3 is 10.4 Å². The van der Waals surface area contributed by atoms with Gasteiger partial charge in [-0.25, -0.2) is 0 Å². The quantitative estimate of drug-likeness (QED) is 0.855. The first kappa shape index (κ1) is 16.2. The molecule has 0 aliphatic carbocycles. The van der Waals surface area contributed by atoms with Crippen LogP contribution in [0, 0.1) is 11.3 Å². The zero-order chi connectivity index (χ0) is 16.1. The lowest BCUT2D eigenvalue weighted by Crippen LogP contribution is -2.37. The Bertz CT molecular complexity index is 664. The van der Waals surface area contributed by atoms with Crippen LogP contribution in [0.15, 0.2) is 41.8 Å². The zero-order valence-corrected chi connectivity index (χ0v) is 13.8. The van der Waals surface area contributed by atoms with Gasteiger partial charge in [0.15, 0.2) is 0 Å². The predicted molar refractivity (Wildman–Crippen MR) is 92.0 cm³/mol. The number of aliphatic hydroxyl groups is 1. The lowest BCUT2D eigenvalue weighted by Gasteiger charge is -2.24. The molecule has 0 amide bonds. The van der Waals surface area contributed by atoms with E-state index in [9.17, 15) is 5.11 Å². The van der Waals surface area contributed by atoms with Crippen LogP contribution in [0.4, 0.5) is 0 Å². The van der Waals surface area contributed by atoms with Crippen molar-refractivity contribution in [1.82, 2.24) is 10.2 Å². The van der Waals surface area contributed by atoms with Gasteiger partial charge >= 0.3 is 0 Å². The third-order valence-corrected chi connectivity index (χ3v) is 5.13. The number of nitriles is 1. The molecule has 1 aliphatic rings. The smallest absolute Gasteiger partial charge is 0.100 e. The number of benzene rings is 1. The first-order chi connectivity index (χ1) is 11.2. The fraction of sp³-hybridized carbons (Fsp3) is 0.389. The Morgan fingerprint density at radius 2 is 2.17 bits per heavy atom. The number of rotatable bonds is 6. The standard InChI is InChI=1S/C18H21N3OS/c19-8-15-6-18(23-13-15)10-20-9-16-7-17(22)12-21(16)11-14-4-2-1-3-5-14/h1-6,13,16-17,20,22H,7,9-12H2. The van der Waals surface area contributed by atoms with Crippen molar-refractivity contribution < 1.29 is 5.11 Å². The highest BCUT2D eigenvalue weighted by Gasteiger charge is 2.30. The van der Waals surface area contributed by atoms with E-state index in [1.165, 1.54) is 10.4 Å². The normalized spacial score (nSPS) is 21.4. The number of thiophene rings is 1. The van der Waals surface area contributed by atoms with Crippen molar-refractivity contribution in [1.29, 1.82) is 5.26 Å². The van der Waals surface area contributed by atoms with Crippen molar-refractivity contribution in [2.75, 3.05) is 13.1 Å². The van der Waals surface area contributed by atoms with Gasteiger partial charge in [0.2, 0.25) is 0 Å². The summed E-state index contributed by atoms with van der Waals surface area (Å²) in [6, 6.07) is 14.8. The summed E-state index contributed by atoms with van der Waals surface area (Å²) >= 11 is 1.61. The van der Waals surface area contributed by atoms with Crippen molar-refractivity contribution in [3.63, 3.8) is 0 Å². The Morgan fingerprint density at radius 3 is 2.91 bits per heavy atom. The molecule has 4 nitrogen and oxygen atoms in total. The maximum absolute atomic E-state index is 10.00. The van der Waals surface area contributed by atoms with Gasteiger partial charge in [0.1, 0.15) is 6.07 Å². The van der Waals surface area contributed by atoms with Gasteiger partial charge in [-0.1, -0.05) is 30.3 Å². The first-order valence-corrected chi connectivity index (χ1v) is 8.77. The van der Waals surface area contributed by atoms with Crippen LogP contribution in [0.5, 0.6) is 0 Å². The number of hydrogen-bond acceptors (Lipinski definition) is 5. The molecule has 120 valence electrons. The topological polar surface area (TPSA) is 59.3 Å². The summed E-state index contributed by atoms with van der Waals surface area (Å²) in [6.45, 7) is 3.24. The summed E-state index contributed by atoms with van der Waals surface area (Å²) in [5, 5.41) is 24.2. The summed E-state index contributed by atoms with van der Waals surface area (Å²) in [6.07, 6.45) is 0.575. The largest absolute Gasteiger partial charge is 0.392 e. The molecule has 1 aromatic heterocycles. The fourth-order valence-electron chi connectivity index (χ4n) is 3.08. The molecule has 0 bridgehead atoms. The average molecular weight is 327 g/mol. The molecule has 1 saturated heterocycles. The van der Waals surface area contributed by atoms with Crippen LogP contribution >= 0.6 is 11.3 Å². The minimum Gasteiger partial charge on any atom is -0.392 e. The van der Waals surface area contributed by atoms with Crippen LogP contribution in [0.3, 0.4) is 0 Å². The Hall–Kier alpha value is -1.71. The second-order valence-electron chi connectivity index (χ2n) is 6.00. The van der Waals surface area contributed by atoms with Crippen molar-refractivity contribution in [3.8, 4) is 6.07 Å². The molecule has 3 rings (SSSR count). The molecule has 2 aromatic rings. The summed E-state index contributed by atoms with van der Waals surface area (Å²) in [5.41, 5.74) is 2.01. The van der Waals surface area contributed by atoms with Crippen molar-refractivity contribution in [3.05, 3.63) is 57.8 Å². The van der Waals surface area contributed by atoms with Gasteiger partial charge in [0.05, 0.1) is 11.7 Å². The molecule has 2 N–H and O–H groups in total. The second kappa shape index (κ2) is 7.71. The van der Waals surface area contributed by atoms with E-state index in [1.54, 1.807) is 11.3 Å². The Morgan fingerprint density at radius 1 is 1.35 bits per heavy atom. The Balaban J connectivity index is 1.52. The number of nitrogens with zero attached hydrogens (tertiary/aromatic N) is 2. The van der Waals surface area contributed by atoms with E-state index in [0.717, 1.165) is 38.2 Å². The summed E-state index contributed by atoms with van der Waals surface area (Å²) in [4.78, 5) is 3.52. The van der Waals surface area contributed by atoms with Crippen LogP contribution in [0.1, 0.15) is 22.4 Å². The molecule has 1 fully saturated rings. The second-order valence-corrected chi connectivity index (χ2v) is 7.00. The van der Waals surface area contributed by atoms with Gasteiger partial charge in [-0.3, -0.25) is 4.90 Å². The van der Waals surface area contributed by atoms with Gasteiger partial charge in [0.25, 0.3) is 0 Å². The van der Waals surface area contributed by atoms with Crippen molar-refractivity contribution in [2.45, 2.75) is 31.7 Å². The number of β-amino-alcohol motifs (C(OH)–C–C–N with tert-alkyl or cyclic N) is 1. The molecule has 0 radical (unpaired) electrons. The van der Waals surface area contributed by atoms with Crippen molar-refractivity contribution >= 4 is 11.3 Å². The van der Waals surface area contributed by atoms with Crippen LogP contribution in [0.25, 0.3) is 0 Å². The van der Waals surface area contributed by atoms with E-state index in [-0.39, 0.29) is 6.10 Å². The highest BCUT2D eigenvalue weighted by Crippen LogP contribution is 2.20. The van der Waals surface area contributed by atoms with Crippen LogP contribution in [0.2, 0.25) is 0 Å². The minimum absolute atomic E-state index is 0.238. The van der Waals surface area contributed by atoms with Gasteiger partial charge in [0, 0.05) is 42.5 Å². The molecule has 2 heterocycles. The SMILES string of the molecule is N#Cc1csc(CNCC2CC(O)CN2Cc2ccccc2)c1. The molecule has 0 saturated carbocycles. The lowest BCUT2D eigenvalue weighted by atomic mass is 10.1. The lowest BCUT2D eigenvalue weighted by molar-refractivity contribution is 0.172. The molecule has 1 aromatic carbocycles. The highest BCUT2D eigenvalue weighted by molar-refractivity contribution is 7.10. The number of aliphatic hydroxyl groups excluding tert-OH is 1. The molecule has 1 aliphatic heterocycles. The fourth-order valence-corrected chi connectivity index (χ4v) is 3.85. The Labute approximate surface area is 141 Å². The van der Waals surface area contributed by atoms with E-state index < -0.39 is 0 Å². The molecule has 23 heavy (non-hydrogen) atoms. The summed E-state index contributed by atoms with van der Waals surface area (Å²) in [7, 11) is 0. The van der Waals surface area contributed by atoms with Crippen molar-refractivity contribution in [2.24, 2.45) is 0 Å². The maximum atomic E-state index is 10.00. The number of hydrogen-bond donors (Lipinski definition) is 2. The first-order valence-electron chi connectivity index (χ1n) is 7.89. The number of likely N-dealkylation sites (tertiary alicyclic amines) is 1. The van der Waals surface area contributed by atoms with E-state index in [2.05, 4.69) is 40.6 Å². The highest BCUT2D eigenvalue weighted by atomic mass is 32.1. The average Bonchev–Trinajstić information content (AvgIpc) is 3.15. The Kier molecular flexibility index (Phi) is 5.42. The molecule has 0 spiro atoms. The van der Waals surface area contributed by atoms with Crippen LogP contribution in [-0.4, -0.2) is 35.2 Å². The van der Waals surface area contributed by atoms with Crippen LogP contribution in [-0.2, 0) is 13.1 Å². The third-order valence-electron chi connectivity index (χ3n) is 4.20. The number of nitrogens with one attached hydrogen (secondary N) is 1. The maximum Gasteiger partial charge on any atom is 0.100 e. The van der Waals surface area contributed by atoms with E-state index >= 15 is 0 Å². The molecular formula is C18H21N3OS. The van der Waals surface area contributed by atoms with E-state index in [4.69, 9.17) is 5.26 Å². The van der Waals surface area contributed by atoms with Gasteiger partial charge in [-0.15, -0.1) is 11.3 Å². The minimum atomic E-state index is -0.238. The van der Waals surface area contributed by atoms with E-state index in [0.29, 0.717) is 6.04 Å². The summed E-state index contributed by atoms with van der Waals surface area (Å²) in [5.74, 6) is 0. The predicted octanol–water partition coefficient (Wildman–Crippen LogP) is 2.34. The van der Waals surface area contributed by atoms with E-state index in [1.807, 2.05) is 17.5 Å². The van der Waals surface area contributed by atoms with Gasteiger partial charge in [-0.05, 0) is 18.1 Å². The van der Waals surface area contributed by atoms with Gasteiger partial charge in [-0.2, -0.15) is 5.26 Å². The zero-order valence-electron chi connectivity index (χ0n) is 13.0. The molecular weight excluding hydrogens is 306 g/mol. The summed E-state index contributed by atoms with van der Waals surface area (Å²) < 4.78 is 0. The van der Waals surface area contributed by atoms with Crippen LogP contribution < -0.4 is 5.32 Å². The third kappa shape index (κ3) is 4.40. The monoisotopic (exact) mass is 327 g/mol.